The highest BCUT2D eigenvalue weighted by Gasteiger charge is 2.33. The molecule has 3 amide bonds. The van der Waals surface area contributed by atoms with Gasteiger partial charge in [0, 0.05) is 38.2 Å². The van der Waals surface area contributed by atoms with Crippen molar-refractivity contribution in [2.45, 2.75) is 25.8 Å². The van der Waals surface area contributed by atoms with E-state index in [1.54, 1.807) is 15.9 Å². The monoisotopic (exact) mass is 355 g/mol. The molecule has 3 heterocycles. The summed E-state index contributed by atoms with van der Waals surface area (Å²) in [5, 5.41) is 2.71. The Morgan fingerprint density at radius 3 is 2.58 bits per heavy atom. The Kier molecular flexibility index (Phi) is 4.10. The summed E-state index contributed by atoms with van der Waals surface area (Å²) >= 11 is 0. The lowest BCUT2D eigenvalue weighted by atomic mass is 10.1. The van der Waals surface area contributed by atoms with Crippen molar-refractivity contribution in [3.8, 4) is 0 Å². The summed E-state index contributed by atoms with van der Waals surface area (Å²) in [7, 11) is 0. The van der Waals surface area contributed by atoms with Crippen LogP contribution in [0, 0.1) is 6.92 Å². The Hall–Kier alpha value is -2.90. The van der Waals surface area contributed by atoms with Gasteiger partial charge in [-0.25, -0.2) is 4.98 Å². The van der Waals surface area contributed by atoms with Crippen LogP contribution in [0.25, 0.3) is 11.0 Å². The highest BCUT2D eigenvalue weighted by atomic mass is 16.2. The average molecular weight is 355 g/mol. The van der Waals surface area contributed by atoms with Crippen LogP contribution in [0.3, 0.4) is 0 Å². The zero-order chi connectivity index (χ0) is 18.3. The van der Waals surface area contributed by atoms with E-state index in [4.69, 9.17) is 0 Å². The second-order valence-corrected chi connectivity index (χ2v) is 6.83. The second kappa shape index (κ2) is 6.44. The fourth-order valence-electron chi connectivity index (χ4n) is 3.60. The molecule has 1 atom stereocenters. The van der Waals surface area contributed by atoms with Gasteiger partial charge >= 0.3 is 0 Å². The SMILES string of the molecule is Cc1nc2ccc(C(=O)N3CCN(C(=O)C4CCC(=O)N4)CC3)cc2[nH]1. The molecule has 1 aromatic carbocycles. The number of hydrogen-bond acceptors (Lipinski definition) is 4. The molecule has 0 radical (unpaired) electrons. The lowest BCUT2D eigenvalue weighted by molar-refractivity contribution is -0.135. The van der Waals surface area contributed by atoms with Crippen molar-refractivity contribution in [1.29, 1.82) is 0 Å². The molecule has 2 N–H and O–H groups in total. The molecule has 2 aliphatic heterocycles. The molecule has 2 fully saturated rings. The van der Waals surface area contributed by atoms with Crippen LogP contribution in [0.15, 0.2) is 18.2 Å². The van der Waals surface area contributed by atoms with Gasteiger partial charge in [-0.3, -0.25) is 14.4 Å². The van der Waals surface area contributed by atoms with Gasteiger partial charge in [-0.05, 0) is 31.5 Å². The Bertz CT molecular complexity index is 882. The maximum Gasteiger partial charge on any atom is 0.254 e. The molecule has 136 valence electrons. The Morgan fingerprint density at radius 1 is 1.15 bits per heavy atom. The molecule has 2 aliphatic rings. The molecule has 8 heteroatoms. The number of nitrogens with zero attached hydrogens (tertiary/aromatic N) is 3. The molecule has 2 saturated heterocycles. The minimum Gasteiger partial charge on any atom is -0.344 e. The number of fused-ring (bicyclic) bond motifs is 1. The van der Waals surface area contributed by atoms with Crippen molar-refractivity contribution in [2.24, 2.45) is 0 Å². The number of nitrogens with one attached hydrogen (secondary N) is 2. The zero-order valence-electron chi connectivity index (χ0n) is 14.6. The van der Waals surface area contributed by atoms with E-state index >= 15 is 0 Å². The minimum absolute atomic E-state index is 0.0413. The molecule has 4 rings (SSSR count). The number of carbonyl (C=O) groups is 3. The van der Waals surface area contributed by atoms with Crippen molar-refractivity contribution in [3.05, 3.63) is 29.6 Å². The number of aromatic amines is 1. The van der Waals surface area contributed by atoms with Gasteiger partial charge in [-0.1, -0.05) is 0 Å². The molecule has 1 aromatic heterocycles. The first kappa shape index (κ1) is 16.6. The standard InChI is InChI=1S/C18H21N5O3/c1-11-19-13-3-2-12(10-15(13)20-11)17(25)22-6-8-23(9-7-22)18(26)14-4-5-16(24)21-14/h2-3,10,14H,4-9H2,1H3,(H,19,20)(H,21,24). The Balaban J connectivity index is 1.39. The average Bonchev–Trinajstić information content (AvgIpc) is 3.24. The first-order valence-electron chi connectivity index (χ1n) is 8.85. The predicted octanol–water partition coefficient (Wildman–Crippen LogP) is 0.434. The smallest absolute Gasteiger partial charge is 0.254 e. The van der Waals surface area contributed by atoms with Crippen LogP contribution in [0.5, 0.6) is 0 Å². The van der Waals surface area contributed by atoms with Crippen molar-refractivity contribution < 1.29 is 14.4 Å². The van der Waals surface area contributed by atoms with E-state index in [0.29, 0.717) is 44.6 Å². The maximum absolute atomic E-state index is 12.8. The number of hydrogen-bond donors (Lipinski definition) is 2. The van der Waals surface area contributed by atoms with Crippen molar-refractivity contribution >= 4 is 28.8 Å². The van der Waals surface area contributed by atoms with Crippen LogP contribution in [-0.2, 0) is 9.59 Å². The third-order valence-electron chi connectivity index (χ3n) is 5.02. The first-order valence-corrected chi connectivity index (χ1v) is 8.85. The quantitative estimate of drug-likeness (QED) is 0.816. The van der Waals surface area contributed by atoms with Crippen molar-refractivity contribution in [2.75, 3.05) is 26.2 Å². The van der Waals surface area contributed by atoms with Gasteiger partial charge in [0.1, 0.15) is 11.9 Å². The third kappa shape index (κ3) is 3.02. The highest BCUT2D eigenvalue weighted by molar-refractivity contribution is 5.97. The Morgan fingerprint density at radius 2 is 1.88 bits per heavy atom. The summed E-state index contributed by atoms with van der Waals surface area (Å²) in [6, 6.07) is 5.05. The fourth-order valence-corrected chi connectivity index (χ4v) is 3.60. The van der Waals surface area contributed by atoms with E-state index in [1.165, 1.54) is 0 Å². The Labute approximate surface area is 150 Å². The number of aromatic nitrogens is 2. The van der Waals surface area contributed by atoms with Crippen LogP contribution in [0.1, 0.15) is 29.0 Å². The number of benzene rings is 1. The van der Waals surface area contributed by atoms with Crippen LogP contribution >= 0.6 is 0 Å². The lowest BCUT2D eigenvalue weighted by Crippen LogP contribution is -2.54. The van der Waals surface area contributed by atoms with E-state index in [0.717, 1.165) is 16.9 Å². The van der Waals surface area contributed by atoms with E-state index < -0.39 is 6.04 Å². The molecular weight excluding hydrogens is 334 g/mol. The van der Waals surface area contributed by atoms with Gasteiger partial charge in [0.2, 0.25) is 11.8 Å². The maximum atomic E-state index is 12.8. The molecule has 2 aromatic rings. The van der Waals surface area contributed by atoms with E-state index in [2.05, 4.69) is 15.3 Å². The van der Waals surface area contributed by atoms with Gasteiger partial charge in [-0.15, -0.1) is 0 Å². The van der Waals surface area contributed by atoms with Gasteiger partial charge in [-0.2, -0.15) is 0 Å². The van der Waals surface area contributed by atoms with Crippen LogP contribution in [-0.4, -0.2) is 69.7 Å². The summed E-state index contributed by atoms with van der Waals surface area (Å²) in [5.41, 5.74) is 2.30. The number of rotatable bonds is 2. The molecule has 0 aliphatic carbocycles. The van der Waals surface area contributed by atoms with Gasteiger partial charge in [0.05, 0.1) is 11.0 Å². The largest absolute Gasteiger partial charge is 0.344 e. The number of H-pyrrole nitrogens is 1. The molecule has 0 saturated carbocycles. The van der Waals surface area contributed by atoms with Crippen molar-refractivity contribution in [1.82, 2.24) is 25.1 Å². The summed E-state index contributed by atoms with van der Waals surface area (Å²) in [6.07, 6.45) is 0.963. The van der Waals surface area contributed by atoms with E-state index in [-0.39, 0.29) is 17.7 Å². The van der Waals surface area contributed by atoms with Crippen molar-refractivity contribution in [3.63, 3.8) is 0 Å². The number of carbonyl (C=O) groups excluding carboxylic acids is 3. The minimum atomic E-state index is -0.407. The summed E-state index contributed by atoms with van der Waals surface area (Å²) in [4.78, 5) is 47.5. The topological polar surface area (TPSA) is 98.4 Å². The molecular formula is C18H21N5O3. The van der Waals surface area contributed by atoms with Gasteiger partial charge < -0.3 is 20.1 Å². The summed E-state index contributed by atoms with van der Waals surface area (Å²) in [5.74, 6) is 0.662. The fraction of sp³-hybridized carbons (Fsp3) is 0.444. The number of piperazine rings is 1. The van der Waals surface area contributed by atoms with E-state index in [9.17, 15) is 14.4 Å². The third-order valence-corrected chi connectivity index (χ3v) is 5.02. The summed E-state index contributed by atoms with van der Waals surface area (Å²) < 4.78 is 0. The normalized spacial score (nSPS) is 20.5. The number of imidazole rings is 1. The van der Waals surface area contributed by atoms with Crippen LogP contribution in [0.2, 0.25) is 0 Å². The second-order valence-electron chi connectivity index (χ2n) is 6.83. The zero-order valence-corrected chi connectivity index (χ0v) is 14.6. The van der Waals surface area contributed by atoms with E-state index in [1.807, 2.05) is 19.1 Å². The molecule has 0 bridgehead atoms. The first-order chi connectivity index (χ1) is 12.5. The number of aryl methyl sites for hydroxylation is 1. The van der Waals surface area contributed by atoms with Gasteiger partial charge in [0.25, 0.3) is 5.91 Å². The molecule has 0 spiro atoms. The lowest BCUT2D eigenvalue weighted by Gasteiger charge is -2.36. The van der Waals surface area contributed by atoms with Crippen LogP contribution in [0.4, 0.5) is 0 Å². The molecule has 1 unspecified atom stereocenters. The summed E-state index contributed by atoms with van der Waals surface area (Å²) in [6.45, 7) is 3.84. The molecule has 26 heavy (non-hydrogen) atoms. The highest BCUT2D eigenvalue weighted by Crippen LogP contribution is 2.17. The predicted molar refractivity (Wildman–Crippen MR) is 94.5 cm³/mol. The molecule has 8 nitrogen and oxygen atoms in total. The van der Waals surface area contributed by atoms with Crippen LogP contribution < -0.4 is 5.32 Å². The van der Waals surface area contributed by atoms with Gasteiger partial charge in [0.15, 0.2) is 0 Å². The number of amides is 3.